The number of aromatic hydroxyl groups is 1. The minimum atomic E-state index is -0.0475. The van der Waals surface area contributed by atoms with Gasteiger partial charge >= 0.3 is 0 Å². The topological polar surface area (TPSA) is 48.9 Å². The third-order valence-corrected chi connectivity index (χ3v) is 2.36. The average Bonchev–Trinajstić information content (AvgIpc) is 2.75. The molecular formula is C12H12N2O. The maximum absolute atomic E-state index is 9.73. The largest absolute Gasteiger partial charge is 0.508 e. The fraction of sp³-hybridized carbons (Fsp3) is 0.0833. The lowest BCUT2D eigenvalue weighted by Gasteiger charge is -2.12. The van der Waals surface area contributed by atoms with Gasteiger partial charge in [-0.05, 0) is 6.07 Å². The maximum Gasteiger partial charge on any atom is 0.119 e. The van der Waals surface area contributed by atoms with Crippen molar-refractivity contribution < 1.29 is 5.11 Å². The molecule has 0 amide bonds. The number of H-pyrrole nitrogens is 1. The van der Waals surface area contributed by atoms with Crippen LogP contribution in [0.2, 0.25) is 0 Å². The Morgan fingerprint density at radius 2 is 2.20 bits per heavy atom. The lowest BCUT2D eigenvalue weighted by atomic mass is 9.95. The zero-order valence-electron chi connectivity index (χ0n) is 8.22. The van der Waals surface area contributed by atoms with Crippen molar-refractivity contribution >= 4 is 0 Å². The molecule has 0 aliphatic heterocycles. The summed E-state index contributed by atoms with van der Waals surface area (Å²) < 4.78 is 0. The van der Waals surface area contributed by atoms with E-state index in [1.165, 1.54) is 0 Å². The van der Waals surface area contributed by atoms with Gasteiger partial charge in [0.05, 0.1) is 6.33 Å². The fourth-order valence-corrected chi connectivity index (χ4v) is 1.61. The molecule has 0 aliphatic carbocycles. The van der Waals surface area contributed by atoms with Crippen LogP contribution in [0.4, 0.5) is 0 Å². The number of benzene rings is 1. The highest BCUT2D eigenvalue weighted by Gasteiger charge is 2.14. The first-order chi connectivity index (χ1) is 7.33. The van der Waals surface area contributed by atoms with E-state index in [2.05, 4.69) is 16.5 Å². The monoisotopic (exact) mass is 200 g/mol. The molecule has 1 atom stereocenters. The summed E-state index contributed by atoms with van der Waals surface area (Å²) in [6.45, 7) is 3.78. The molecule has 0 fully saturated rings. The number of nitrogens with one attached hydrogen (secondary N) is 1. The Kier molecular flexibility index (Phi) is 2.54. The van der Waals surface area contributed by atoms with Crippen LogP contribution < -0.4 is 0 Å². The van der Waals surface area contributed by atoms with Crippen LogP contribution in [0.5, 0.6) is 5.75 Å². The number of nitrogens with zero attached hydrogens (tertiary/aromatic N) is 1. The van der Waals surface area contributed by atoms with E-state index >= 15 is 0 Å². The van der Waals surface area contributed by atoms with E-state index in [4.69, 9.17) is 0 Å². The number of aromatic amines is 1. The number of phenolic OH excluding ortho intramolecular Hbond substituents is 1. The molecule has 2 aromatic rings. The summed E-state index contributed by atoms with van der Waals surface area (Å²) in [7, 11) is 0. The molecule has 1 heterocycles. The highest BCUT2D eigenvalue weighted by atomic mass is 16.3. The molecule has 2 rings (SSSR count). The Labute approximate surface area is 88.1 Å². The maximum atomic E-state index is 9.73. The van der Waals surface area contributed by atoms with Gasteiger partial charge in [0.15, 0.2) is 0 Å². The first kappa shape index (κ1) is 9.52. The second kappa shape index (κ2) is 4.00. The quantitative estimate of drug-likeness (QED) is 0.747. The van der Waals surface area contributed by atoms with Gasteiger partial charge in [0.25, 0.3) is 0 Å². The van der Waals surface area contributed by atoms with E-state index in [1.54, 1.807) is 30.7 Å². The number of hydrogen-bond donors (Lipinski definition) is 2. The van der Waals surface area contributed by atoms with Crippen molar-refractivity contribution in [2.75, 3.05) is 0 Å². The second-order valence-electron chi connectivity index (χ2n) is 3.28. The van der Waals surface area contributed by atoms with Gasteiger partial charge in [0.2, 0.25) is 0 Å². The van der Waals surface area contributed by atoms with Crippen LogP contribution in [0.1, 0.15) is 17.2 Å². The number of rotatable bonds is 3. The van der Waals surface area contributed by atoms with Crippen LogP contribution in [-0.4, -0.2) is 15.1 Å². The molecule has 0 radical (unpaired) electrons. The Hall–Kier alpha value is -2.03. The Morgan fingerprint density at radius 3 is 2.80 bits per heavy atom. The van der Waals surface area contributed by atoms with Crippen LogP contribution in [0.25, 0.3) is 0 Å². The molecule has 1 unspecified atom stereocenters. The van der Waals surface area contributed by atoms with Crippen molar-refractivity contribution in [2.45, 2.75) is 5.92 Å². The van der Waals surface area contributed by atoms with E-state index in [0.717, 1.165) is 11.3 Å². The number of hydrogen-bond acceptors (Lipinski definition) is 2. The van der Waals surface area contributed by atoms with E-state index < -0.39 is 0 Å². The van der Waals surface area contributed by atoms with Gasteiger partial charge in [0.1, 0.15) is 5.75 Å². The zero-order chi connectivity index (χ0) is 10.7. The number of aromatic nitrogens is 2. The Morgan fingerprint density at radius 1 is 1.40 bits per heavy atom. The SMILES string of the molecule is C=CC(c1cnc[nH]1)c1ccccc1O. The fourth-order valence-electron chi connectivity index (χ4n) is 1.61. The molecule has 3 heteroatoms. The second-order valence-corrected chi connectivity index (χ2v) is 3.28. The molecule has 3 nitrogen and oxygen atoms in total. The van der Waals surface area contributed by atoms with Gasteiger partial charge in [-0.15, -0.1) is 6.58 Å². The highest BCUT2D eigenvalue weighted by Crippen LogP contribution is 2.30. The standard InChI is InChI=1S/C12H12N2O/c1-2-9(11-7-13-8-14-11)10-5-3-4-6-12(10)15/h2-9,15H,1H2,(H,13,14). The number of para-hydroxylation sites is 1. The normalized spacial score (nSPS) is 12.3. The molecule has 0 saturated heterocycles. The molecule has 0 bridgehead atoms. The Balaban J connectivity index is 2.44. The van der Waals surface area contributed by atoms with Gasteiger partial charge in [0, 0.05) is 23.4 Å². The van der Waals surface area contributed by atoms with Crippen LogP contribution >= 0.6 is 0 Å². The zero-order valence-corrected chi connectivity index (χ0v) is 8.22. The molecular weight excluding hydrogens is 188 g/mol. The van der Waals surface area contributed by atoms with E-state index in [1.807, 2.05) is 12.1 Å². The van der Waals surface area contributed by atoms with Crippen LogP contribution in [0.15, 0.2) is 49.4 Å². The van der Waals surface area contributed by atoms with E-state index in [-0.39, 0.29) is 11.7 Å². The predicted molar refractivity (Wildman–Crippen MR) is 58.7 cm³/mol. The molecule has 1 aromatic carbocycles. The van der Waals surface area contributed by atoms with E-state index in [0.29, 0.717) is 0 Å². The van der Waals surface area contributed by atoms with Crippen molar-refractivity contribution in [2.24, 2.45) is 0 Å². The van der Waals surface area contributed by atoms with Gasteiger partial charge in [-0.1, -0.05) is 24.3 Å². The molecule has 1 aromatic heterocycles. The molecule has 15 heavy (non-hydrogen) atoms. The van der Waals surface area contributed by atoms with Gasteiger partial charge in [-0.3, -0.25) is 0 Å². The highest BCUT2D eigenvalue weighted by molar-refractivity contribution is 5.41. The lowest BCUT2D eigenvalue weighted by Crippen LogP contribution is -1.97. The molecule has 0 spiro atoms. The summed E-state index contributed by atoms with van der Waals surface area (Å²) >= 11 is 0. The van der Waals surface area contributed by atoms with Gasteiger partial charge < -0.3 is 10.1 Å². The van der Waals surface area contributed by atoms with Crippen LogP contribution in [0, 0.1) is 0 Å². The summed E-state index contributed by atoms with van der Waals surface area (Å²) in [6.07, 6.45) is 5.13. The molecule has 0 aliphatic rings. The number of imidazole rings is 1. The average molecular weight is 200 g/mol. The van der Waals surface area contributed by atoms with Crippen molar-refractivity contribution in [3.63, 3.8) is 0 Å². The number of allylic oxidation sites excluding steroid dienone is 1. The minimum absolute atomic E-state index is 0.0475. The third kappa shape index (κ3) is 1.76. The summed E-state index contributed by atoms with van der Waals surface area (Å²) in [6, 6.07) is 7.23. The summed E-state index contributed by atoms with van der Waals surface area (Å²) in [5.41, 5.74) is 1.75. The predicted octanol–water partition coefficient (Wildman–Crippen LogP) is 2.43. The van der Waals surface area contributed by atoms with Gasteiger partial charge in [-0.2, -0.15) is 0 Å². The minimum Gasteiger partial charge on any atom is -0.508 e. The van der Waals surface area contributed by atoms with Crippen LogP contribution in [-0.2, 0) is 0 Å². The first-order valence-corrected chi connectivity index (χ1v) is 4.71. The molecule has 76 valence electrons. The summed E-state index contributed by atoms with van der Waals surface area (Å²) in [5.74, 6) is 0.228. The number of phenols is 1. The summed E-state index contributed by atoms with van der Waals surface area (Å²) in [5, 5.41) is 9.73. The van der Waals surface area contributed by atoms with Gasteiger partial charge in [-0.25, -0.2) is 4.98 Å². The van der Waals surface area contributed by atoms with Crippen molar-refractivity contribution in [1.82, 2.24) is 9.97 Å². The molecule has 0 saturated carbocycles. The van der Waals surface area contributed by atoms with Crippen molar-refractivity contribution in [1.29, 1.82) is 0 Å². The van der Waals surface area contributed by atoms with Crippen molar-refractivity contribution in [3.8, 4) is 5.75 Å². The van der Waals surface area contributed by atoms with E-state index in [9.17, 15) is 5.11 Å². The Bertz CT molecular complexity index is 448. The first-order valence-electron chi connectivity index (χ1n) is 4.71. The molecule has 2 N–H and O–H groups in total. The third-order valence-electron chi connectivity index (χ3n) is 2.36. The summed E-state index contributed by atoms with van der Waals surface area (Å²) in [4.78, 5) is 6.98. The van der Waals surface area contributed by atoms with Crippen molar-refractivity contribution in [3.05, 3.63) is 60.7 Å². The smallest absolute Gasteiger partial charge is 0.119 e. The lowest BCUT2D eigenvalue weighted by molar-refractivity contribution is 0.467. The van der Waals surface area contributed by atoms with Crippen LogP contribution in [0.3, 0.4) is 0 Å².